The van der Waals surface area contributed by atoms with Gasteiger partial charge in [-0.25, -0.2) is 0 Å². The summed E-state index contributed by atoms with van der Waals surface area (Å²) in [5.41, 5.74) is 0. The third kappa shape index (κ3) is 6.01. The van der Waals surface area contributed by atoms with E-state index < -0.39 is 0 Å². The van der Waals surface area contributed by atoms with Gasteiger partial charge in [0, 0.05) is 0 Å². The van der Waals surface area contributed by atoms with Crippen molar-refractivity contribution in [2.45, 2.75) is 53.4 Å². The summed E-state index contributed by atoms with van der Waals surface area (Å²) in [6.45, 7) is 8.79. The molecule has 84 valence electrons. The Balaban J connectivity index is 3.44. The first-order chi connectivity index (χ1) is 6.59. The molecular weight excluding hydrogens is 176 g/mol. The van der Waals surface area contributed by atoms with Crippen LogP contribution in [0.4, 0.5) is 0 Å². The van der Waals surface area contributed by atoms with Gasteiger partial charge in [-0.05, 0) is 12.3 Å². The monoisotopic (exact) mass is 200 g/mol. The highest BCUT2D eigenvalue weighted by molar-refractivity contribution is 5.72. The Kier molecular flexibility index (Phi) is 7.54. The van der Waals surface area contributed by atoms with Gasteiger partial charge in [0.05, 0.1) is 12.5 Å². The number of esters is 1. The molecule has 2 heteroatoms. The van der Waals surface area contributed by atoms with Crippen molar-refractivity contribution in [2.24, 2.45) is 11.8 Å². The van der Waals surface area contributed by atoms with Crippen molar-refractivity contribution in [3.8, 4) is 0 Å². The molecule has 0 amide bonds. The van der Waals surface area contributed by atoms with Gasteiger partial charge in [-0.3, -0.25) is 4.79 Å². The van der Waals surface area contributed by atoms with Crippen LogP contribution in [0.15, 0.2) is 0 Å². The van der Waals surface area contributed by atoms with E-state index in [1.807, 2.05) is 20.8 Å². The van der Waals surface area contributed by atoms with E-state index in [0.717, 1.165) is 6.42 Å². The molecule has 0 fully saturated rings. The second-order valence-corrected chi connectivity index (χ2v) is 4.26. The minimum Gasteiger partial charge on any atom is -0.465 e. The minimum absolute atomic E-state index is 0.0289. The van der Waals surface area contributed by atoms with E-state index in [4.69, 9.17) is 4.74 Å². The van der Waals surface area contributed by atoms with Crippen molar-refractivity contribution in [2.75, 3.05) is 6.61 Å². The first-order valence-electron chi connectivity index (χ1n) is 5.76. The van der Waals surface area contributed by atoms with E-state index in [0.29, 0.717) is 12.5 Å². The Bertz CT molecular complexity index is 152. The standard InChI is InChI=1S/C12H24O2/c1-5-6-7-8-9-14-12(13)11(4)10(2)3/h10-11H,5-9H2,1-4H3. The number of carbonyl (C=O) groups is 1. The van der Waals surface area contributed by atoms with Crippen LogP contribution in [-0.4, -0.2) is 12.6 Å². The molecule has 0 bridgehead atoms. The van der Waals surface area contributed by atoms with Crippen LogP contribution in [0.5, 0.6) is 0 Å². The van der Waals surface area contributed by atoms with Gasteiger partial charge in [-0.2, -0.15) is 0 Å². The second kappa shape index (κ2) is 7.84. The van der Waals surface area contributed by atoms with Crippen molar-refractivity contribution in [3.63, 3.8) is 0 Å². The molecular formula is C12H24O2. The van der Waals surface area contributed by atoms with Crippen LogP contribution in [0.3, 0.4) is 0 Å². The summed E-state index contributed by atoms with van der Waals surface area (Å²) < 4.78 is 5.17. The van der Waals surface area contributed by atoms with Crippen molar-refractivity contribution in [1.29, 1.82) is 0 Å². The molecule has 0 rings (SSSR count). The van der Waals surface area contributed by atoms with Gasteiger partial charge in [0.2, 0.25) is 0 Å². The van der Waals surface area contributed by atoms with Crippen molar-refractivity contribution in [3.05, 3.63) is 0 Å². The molecule has 1 unspecified atom stereocenters. The van der Waals surface area contributed by atoms with E-state index in [9.17, 15) is 4.79 Å². The number of hydrogen-bond acceptors (Lipinski definition) is 2. The molecule has 0 spiro atoms. The fourth-order valence-corrected chi connectivity index (χ4v) is 1.11. The quantitative estimate of drug-likeness (QED) is 0.465. The van der Waals surface area contributed by atoms with E-state index in [2.05, 4.69) is 6.92 Å². The molecule has 0 aliphatic heterocycles. The Labute approximate surface area is 88.0 Å². The van der Waals surface area contributed by atoms with Gasteiger partial charge in [0.15, 0.2) is 0 Å². The highest BCUT2D eigenvalue weighted by Gasteiger charge is 2.17. The molecule has 0 aliphatic rings. The fraction of sp³-hybridized carbons (Fsp3) is 0.917. The zero-order valence-electron chi connectivity index (χ0n) is 10.0. The Morgan fingerprint density at radius 2 is 1.79 bits per heavy atom. The maximum atomic E-state index is 11.4. The van der Waals surface area contributed by atoms with E-state index in [1.165, 1.54) is 19.3 Å². The van der Waals surface area contributed by atoms with Gasteiger partial charge < -0.3 is 4.74 Å². The second-order valence-electron chi connectivity index (χ2n) is 4.26. The third-order valence-corrected chi connectivity index (χ3v) is 2.61. The highest BCUT2D eigenvalue weighted by atomic mass is 16.5. The van der Waals surface area contributed by atoms with E-state index in [-0.39, 0.29) is 11.9 Å². The van der Waals surface area contributed by atoms with Crippen molar-refractivity contribution >= 4 is 5.97 Å². The molecule has 0 saturated heterocycles. The molecule has 2 nitrogen and oxygen atoms in total. The molecule has 0 heterocycles. The maximum absolute atomic E-state index is 11.4. The topological polar surface area (TPSA) is 26.3 Å². The number of ether oxygens (including phenoxy) is 1. The summed E-state index contributed by atoms with van der Waals surface area (Å²) in [5, 5.41) is 0. The molecule has 0 aromatic carbocycles. The van der Waals surface area contributed by atoms with Crippen molar-refractivity contribution < 1.29 is 9.53 Å². The van der Waals surface area contributed by atoms with Crippen LogP contribution in [-0.2, 0) is 9.53 Å². The Morgan fingerprint density at radius 1 is 1.14 bits per heavy atom. The van der Waals surface area contributed by atoms with Gasteiger partial charge in [0.25, 0.3) is 0 Å². The summed E-state index contributed by atoms with van der Waals surface area (Å²) >= 11 is 0. The lowest BCUT2D eigenvalue weighted by atomic mass is 9.99. The van der Waals surface area contributed by atoms with Gasteiger partial charge in [-0.15, -0.1) is 0 Å². The Morgan fingerprint density at radius 3 is 2.29 bits per heavy atom. The maximum Gasteiger partial charge on any atom is 0.308 e. The summed E-state index contributed by atoms with van der Waals surface area (Å²) in [6.07, 6.45) is 4.62. The van der Waals surface area contributed by atoms with Gasteiger partial charge >= 0.3 is 5.97 Å². The number of unbranched alkanes of at least 4 members (excludes halogenated alkanes) is 3. The summed E-state index contributed by atoms with van der Waals surface area (Å²) in [4.78, 5) is 11.4. The lowest BCUT2D eigenvalue weighted by molar-refractivity contribution is -0.149. The van der Waals surface area contributed by atoms with Crippen molar-refractivity contribution in [1.82, 2.24) is 0 Å². The molecule has 0 aromatic heterocycles. The van der Waals surface area contributed by atoms with Gasteiger partial charge in [-0.1, -0.05) is 47.0 Å². The summed E-state index contributed by atoms with van der Waals surface area (Å²) in [5.74, 6) is 0.357. The van der Waals surface area contributed by atoms with Crippen LogP contribution >= 0.6 is 0 Å². The molecule has 1 atom stereocenters. The zero-order valence-corrected chi connectivity index (χ0v) is 10.0. The Hall–Kier alpha value is -0.530. The predicted octanol–water partition coefficient (Wildman–Crippen LogP) is 3.40. The lowest BCUT2D eigenvalue weighted by Gasteiger charge is -2.14. The number of hydrogen-bond donors (Lipinski definition) is 0. The van der Waals surface area contributed by atoms with Gasteiger partial charge in [0.1, 0.15) is 0 Å². The molecule has 0 aliphatic carbocycles. The highest BCUT2D eigenvalue weighted by Crippen LogP contribution is 2.11. The number of rotatable bonds is 7. The normalized spacial score (nSPS) is 12.9. The van der Waals surface area contributed by atoms with E-state index in [1.54, 1.807) is 0 Å². The van der Waals surface area contributed by atoms with Crippen LogP contribution in [0, 0.1) is 11.8 Å². The zero-order chi connectivity index (χ0) is 11.0. The largest absolute Gasteiger partial charge is 0.465 e. The molecule has 0 N–H and O–H groups in total. The average molecular weight is 200 g/mol. The molecule has 14 heavy (non-hydrogen) atoms. The van der Waals surface area contributed by atoms with Crippen LogP contribution in [0.2, 0.25) is 0 Å². The molecule has 0 radical (unpaired) electrons. The van der Waals surface area contributed by atoms with Crippen LogP contribution < -0.4 is 0 Å². The number of carbonyl (C=O) groups excluding carboxylic acids is 1. The smallest absolute Gasteiger partial charge is 0.308 e. The lowest BCUT2D eigenvalue weighted by Crippen LogP contribution is -2.20. The molecule has 0 saturated carbocycles. The van der Waals surface area contributed by atoms with Crippen LogP contribution in [0.1, 0.15) is 53.4 Å². The molecule has 0 aromatic rings. The minimum atomic E-state index is -0.0449. The third-order valence-electron chi connectivity index (χ3n) is 2.61. The first kappa shape index (κ1) is 13.5. The first-order valence-corrected chi connectivity index (χ1v) is 5.76. The predicted molar refractivity (Wildman–Crippen MR) is 59.1 cm³/mol. The average Bonchev–Trinajstić information content (AvgIpc) is 2.16. The van der Waals surface area contributed by atoms with Crippen LogP contribution in [0.25, 0.3) is 0 Å². The van der Waals surface area contributed by atoms with E-state index >= 15 is 0 Å². The SMILES string of the molecule is CCCCCCOC(=O)C(C)C(C)C. The fourth-order valence-electron chi connectivity index (χ4n) is 1.11. The summed E-state index contributed by atoms with van der Waals surface area (Å²) in [7, 11) is 0. The summed E-state index contributed by atoms with van der Waals surface area (Å²) in [6, 6.07) is 0.